The number of hydrogen-bond donors (Lipinski definition) is 1. The van der Waals surface area contributed by atoms with Gasteiger partial charge in [-0.15, -0.1) is 0 Å². The van der Waals surface area contributed by atoms with Crippen molar-refractivity contribution in [2.75, 3.05) is 19.6 Å². The molecule has 6 nitrogen and oxygen atoms in total. The fourth-order valence-electron chi connectivity index (χ4n) is 4.25. The summed E-state index contributed by atoms with van der Waals surface area (Å²) >= 11 is 0. The van der Waals surface area contributed by atoms with Gasteiger partial charge in [-0.25, -0.2) is 4.68 Å². The van der Waals surface area contributed by atoms with Crippen LogP contribution in [0.15, 0.2) is 10.9 Å². The maximum Gasteiger partial charge on any atom is 0.267 e. The number of carbonyl (C=O) groups excluding carboxylic acids is 1. The molecule has 0 aromatic carbocycles. The fraction of sp³-hybridized carbons (Fsp3) is 0.722. The third-order valence-corrected chi connectivity index (χ3v) is 5.54. The van der Waals surface area contributed by atoms with Gasteiger partial charge in [0.05, 0.1) is 12.2 Å². The summed E-state index contributed by atoms with van der Waals surface area (Å²) in [6, 6.07) is 2.10. The Labute approximate surface area is 142 Å². The number of fused-ring (bicyclic) bond motifs is 1. The lowest BCUT2D eigenvalue weighted by molar-refractivity contribution is -0.123. The Balaban J connectivity index is 1.30. The van der Waals surface area contributed by atoms with E-state index in [1.807, 2.05) is 0 Å². The summed E-state index contributed by atoms with van der Waals surface area (Å²) in [5, 5.41) is 7.69. The Bertz CT molecular complexity index is 678. The van der Waals surface area contributed by atoms with Gasteiger partial charge in [-0.1, -0.05) is 0 Å². The van der Waals surface area contributed by atoms with Crippen molar-refractivity contribution in [3.8, 4) is 0 Å². The number of nitrogens with zero attached hydrogens (tertiary/aromatic N) is 3. The van der Waals surface area contributed by atoms with Crippen molar-refractivity contribution in [2.24, 2.45) is 5.92 Å². The van der Waals surface area contributed by atoms with E-state index in [4.69, 9.17) is 0 Å². The summed E-state index contributed by atoms with van der Waals surface area (Å²) in [5.41, 5.74) is 2.33. The first-order valence-corrected chi connectivity index (χ1v) is 9.29. The zero-order valence-electron chi connectivity index (χ0n) is 14.2. The number of rotatable bonds is 4. The van der Waals surface area contributed by atoms with E-state index in [9.17, 15) is 9.59 Å². The van der Waals surface area contributed by atoms with Gasteiger partial charge in [-0.05, 0) is 44.1 Å². The Morgan fingerprint density at radius 1 is 1.08 bits per heavy atom. The zero-order valence-corrected chi connectivity index (χ0v) is 14.2. The molecule has 1 aromatic rings. The SMILES string of the molecule is O=C1CCCC(CN2CC(Cn3nc4c(cc3=O)CCCC4)C2)N1. The molecular weight excluding hydrogens is 304 g/mol. The highest BCUT2D eigenvalue weighted by atomic mass is 16.1. The highest BCUT2D eigenvalue weighted by Crippen LogP contribution is 2.21. The first-order valence-electron chi connectivity index (χ1n) is 9.29. The number of amides is 1. The van der Waals surface area contributed by atoms with Crippen molar-refractivity contribution < 1.29 is 4.79 Å². The van der Waals surface area contributed by atoms with Crippen LogP contribution in [-0.2, 0) is 24.2 Å². The van der Waals surface area contributed by atoms with Crippen LogP contribution in [0.1, 0.15) is 43.4 Å². The van der Waals surface area contributed by atoms with Gasteiger partial charge in [0, 0.05) is 44.1 Å². The van der Waals surface area contributed by atoms with E-state index < -0.39 is 0 Å². The molecule has 1 unspecified atom stereocenters. The first-order chi connectivity index (χ1) is 11.7. The molecule has 1 aromatic heterocycles. The Morgan fingerprint density at radius 3 is 2.75 bits per heavy atom. The highest BCUT2D eigenvalue weighted by Gasteiger charge is 2.30. The maximum absolute atomic E-state index is 12.2. The number of piperidine rings is 1. The van der Waals surface area contributed by atoms with Crippen LogP contribution in [0, 0.1) is 5.92 Å². The van der Waals surface area contributed by atoms with Crippen LogP contribution in [0.3, 0.4) is 0 Å². The molecule has 4 rings (SSSR count). The molecular formula is C18H26N4O2. The summed E-state index contributed by atoms with van der Waals surface area (Å²) in [6.07, 6.45) is 7.12. The minimum Gasteiger partial charge on any atom is -0.352 e. The lowest BCUT2D eigenvalue weighted by Gasteiger charge is -2.41. The van der Waals surface area contributed by atoms with Crippen molar-refractivity contribution in [1.29, 1.82) is 0 Å². The second-order valence-electron chi connectivity index (χ2n) is 7.58. The number of aromatic nitrogens is 2. The quantitative estimate of drug-likeness (QED) is 0.883. The monoisotopic (exact) mass is 330 g/mol. The molecule has 24 heavy (non-hydrogen) atoms. The number of likely N-dealkylation sites (tertiary alicyclic amines) is 1. The minimum atomic E-state index is 0.0497. The molecule has 1 amide bonds. The number of carbonyl (C=O) groups is 1. The Morgan fingerprint density at radius 2 is 1.92 bits per heavy atom. The van der Waals surface area contributed by atoms with Crippen LogP contribution in [0.25, 0.3) is 0 Å². The van der Waals surface area contributed by atoms with E-state index in [1.165, 1.54) is 12.8 Å². The van der Waals surface area contributed by atoms with Crippen molar-refractivity contribution in [3.05, 3.63) is 27.7 Å². The van der Waals surface area contributed by atoms with E-state index in [-0.39, 0.29) is 11.5 Å². The third kappa shape index (κ3) is 3.38. The Kier molecular flexibility index (Phi) is 4.39. The van der Waals surface area contributed by atoms with Crippen LogP contribution in [0.4, 0.5) is 0 Å². The van der Waals surface area contributed by atoms with Crippen LogP contribution in [0.5, 0.6) is 0 Å². The van der Waals surface area contributed by atoms with Gasteiger partial charge >= 0.3 is 0 Å². The second kappa shape index (κ2) is 6.67. The minimum absolute atomic E-state index is 0.0497. The summed E-state index contributed by atoms with van der Waals surface area (Å²) in [4.78, 5) is 26.1. The zero-order chi connectivity index (χ0) is 16.5. The molecule has 2 saturated heterocycles. The molecule has 1 atom stereocenters. The standard InChI is InChI=1S/C18H26N4O2/c23-17-7-3-5-15(19-17)12-21-9-13(10-21)11-22-18(24)8-14-4-1-2-6-16(14)20-22/h8,13,15H,1-7,9-12H2,(H,19,23). The maximum atomic E-state index is 12.2. The molecule has 1 N–H and O–H groups in total. The van der Waals surface area contributed by atoms with Gasteiger partial charge in [0.25, 0.3) is 5.56 Å². The van der Waals surface area contributed by atoms with E-state index in [0.717, 1.165) is 63.1 Å². The van der Waals surface area contributed by atoms with Crippen molar-refractivity contribution in [1.82, 2.24) is 20.0 Å². The summed E-state index contributed by atoms with van der Waals surface area (Å²) in [6.45, 7) is 3.66. The predicted molar refractivity (Wildman–Crippen MR) is 90.9 cm³/mol. The molecule has 2 aliphatic heterocycles. The lowest BCUT2D eigenvalue weighted by atomic mass is 9.96. The normalized spacial score (nSPS) is 25.0. The van der Waals surface area contributed by atoms with Crippen LogP contribution in [-0.4, -0.2) is 46.3 Å². The smallest absolute Gasteiger partial charge is 0.267 e. The van der Waals surface area contributed by atoms with Crippen LogP contribution >= 0.6 is 0 Å². The average Bonchev–Trinajstić information content (AvgIpc) is 2.53. The molecule has 0 saturated carbocycles. The van der Waals surface area contributed by atoms with Crippen LogP contribution < -0.4 is 10.9 Å². The van der Waals surface area contributed by atoms with Gasteiger partial charge in [0.15, 0.2) is 0 Å². The molecule has 0 bridgehead atoms. The number of aryl methyl sites for hydroxylation is 2. The van der Waals surface area contributed by atoms with Gasteiger partial charge in [0.2, 0.25) is 5.91 Å². The summed E-state index contributed by atoms with van der Waals surface area (Å²) < 4.78 is 1.68. The van der Waals surface area contributed by atoms with Crippen molar-refractivity contribution in [2.45, 2.75) is 57.5 Å². The van der Waals surface area contributed by atoms with E-state index >= 15 is 0 Å². The van der Waals surface area contributed by atoms with Crippen molar-refractivity contribution >= 4 is 5.91 Å². The third-order valence-electron chi connectivity index (χ3n) is 5.54. The molecule has 6 heteroatoms. The predicted octanol–water partition coefficient (Wildman–Crippen LogP) is 0.723. The molecule has 1 aliphatic carbocycles. The highest BCUT2D eigenvalue weighted by molar-refractivity contribution is 5.76. The topological polar surface area (TPSA) is 67.2 Å². The second-order valence-corrected chi connectivity index (χ2v) is 7.58. The summed E-state index contributed by atoms with van der Waals surface area (Å²) in [7, 11) is 0. The van der Waals surface area contributed by atoms with Crippen LogP contribution in [0.2, 0.25) is 0 Å². The van der Waals surface area contributed by atoms with Gasteiger partial charge in [-0.3, -0.25) is 9.59 Å². The molecule has 0 spiro atoms. The number of nitrogens with one attached hydrogen (secondary N) is 1. The number of hydrogen-bond acceptors (Lipinski definition) is 4. The molecule has 3 aliphatic rings. The molecule has 130 valence electrons. The molecule has 3 heterocycles. The molecule has 2 fully saturated rings. The van der Waals surface area contributed by atoms with E-state index in [2.05, 4.69) is 15.3 Å². The average molecular weight is 330 g/mol. The summed E-state index contributed by atoms with van der Waals surface area (Å²) in [5.74, 6) is 0.685. The largest absolute Gasteiger partial charge is 0.352 e. The van der Waals surface area contributed by atoms with E-state index in [0.29, 0.717) is 18.4 Å². The lowest BCUT2D eigenvalue weighted by Crippen LogP contribution is -2.55. The Hall–Kier alpha value is -1.69. The van der Waals surface area contributed by atoms with E-state index in [1.54, 1.807) is 10.7 Å². The fourth-order valence-corrected chi connectivity index (χ4v) is 4.25. The van der Waals surface area contributed by atoms with Crippen molar-refractivity contribution in [3.63, 3.8) is 0 Å². The van der Waals surface area contributed by atoms with Gasteiger partial charge < -0.3 is 10.2 Å². The van der Waals surface area contributed by atoms with Gasteiger partial charge in [0.1, 0.15) is 0 Å². The van der Waals surface area contributed by atoms with Gasteiger partial charge in [-0.2, -0.15) is 5.10 Å². The first kappa shape index (κ1) is 15.8. The molecule has 0 radical (unpaired) electrons.